The van der Waals surface area contributed by atoms with Crippen LogP contribution < -0.4 is 0 Å². The van der Waals surface area contributed by atoms with Gasteiger partial charge in [0.25, 0.3) is 15.7 Å². The van der Waals surface area contributed by atoms with E-state index in [1.54, 1.807) is 30.3 Å². The molecule has 0 saturated carbocycles. The van der Waals surface area contributed by atoms with Crippen molar-refractivity contribution < 1.29 is 85.8 Å². The van der Waals surface area contributed by atoms with Gasteiger partial charge in [-0.25, -0.2) is 15.0 Å². The van der Waals surface area contributed by atoms with Crippen LogP contribution >= 0.6 is 35.3 Å². The average molecular weight is 988 g/mol. The van der Waals surface area contributed by atoms with Gasteiger partial charge in [0.15, 0.2) is 16.7 Å². The lowest BCUT2D eigenvalue weighted by molar-refractivity contribution is -0.147. The molecule has 0 bridgehead atoms. The first-order chi connectivity index (χ1) is 31.6. The number of benzene rings is 4. The van der Waals surface area contributed by atoms with Gasteiger partial charge in [-0.15, -0.1) is 0 Å². The van der Waals surface area contributed by atoms with Crippen molar-refractivity contribution >= 4 is 104 Å². The number of oxazole rings is 3. The Hall–Kier alpha value is -7.05. The Bertz CT molecular complexity index is 2870. The Morgan fingerprint density at radius 2 is 1.10 bits per heavy atom. The van der Waals surface area contributed by atoms with Crippen molar-refractivity contribution in [1.82, 2.24) is 15.0 Å². The van der Waals surface area contributed by atoms with Gasteiger partial charge in [0.1, 0.15) is 27.0 Å². The largest absolute Gasteiger partial charge is 0.481 e. The van der Waals surface area contributed by atoms with Gasteiger partial charge < -0.3 is 43.9 Å². The molecule has 6 N–H and O–H groups in total. The van der Waals surface area contributed by atoms with E-state index in [4.69, 9.17) is 38.8 Å². The molecule has 0 radical (unpaired) electrons. The van der Waals surface area contributed by atoms with Gasteiger partial charge in [-0.05, 0) is 42.0 Å². The third kappa shape index (κ3) is 13.7. The second-order valence-corrected chi connectivity index (χ2v) is 17.2. The van der Waals surface area contributed by atoms with Crippen LogP contribution in [0.2, 0.25) is 0 Å². The highest BCUT2D eigenvalue weighted by molar-refractivity contribution is 8.00. The van der Waals surface area contributed by atoms with Crippen molar-refractivity contribution in [3.8, 4) is 11.1 Å². The van der Waals surface area contributed by atoms with Crippen LogP contribution in [0, 0.1) is 17.8 Å². The highest BCUT2D eigenvalue weighted by atomic mass is 32.2. The molecule has 4 aromatic carbocycles. The molecule has 3 heterocycles. The minimum absolute atomic E-state index is 0.0176. The van der Waals surface area contributed by atoms with Gasteiger partial charge >= 0.3 is 42.0 Å². The lowest BCUT2D eigenvalue weighted by Gasteiger charge is -2.13. The number of carbonyl (C=O) groups is 6. The molecule has 18 nitrogen and oxygen atoms in total. The number of aromatic nitrogens is 3. The van der Waals surface area contributed by atoms with E-state index in [1.165, 1.54) is 13.8 Å². The van der Waals surface area contributed by atoms with E-state index in [0.29, 0.717) is 22.2 Å². The molecule has 3 aromatic heterocycles. The van der Waals surface area contributed by atoms with Crippen molar-refractivity contribution in [2.75, 3.05) is 5.75 Å². The van der Waals surface area contributed by atoms with Gasteiger partial charge in [0.2, 0.25) is 0 Å². The van der Waals surface area contributed by atoms with E-state index in [0.717, 1.165) is 64.6 Å². The van der Waals surface area contributed by atoms with E-state index in [-0.39, 0.29) is 32.5 Å². The maximum absolute atomic E-state index is 12.6. The van der Waals surface area contributed by atoms with Crippen molar-refractivity contribution in [3.63, 3.8) is 0 Å². The van der Waals surface area contributed by atoms with Crippen LogP contribution in [-0.2, 0) is 34.9 Å². The van der Waals surface area contributed by atoms with Crippen LogP contribution in [0.4, 0.5) is 13.2 Å². The van der Waals surface area contributed by atoms with Crippen LogP contribution in [0.3, 0.4) is 0 Å². The fraction of sp³-hybridized carbons (Fsp3) is 0.233. The molecule has 7 aromatic rings. The molecule has 0 aliphatic rings. The third-order valence-electron chi connectivity index (χ3n) is 9.26. The molecule has 0 spiro atoms. The summed E-state index contributed by atoms with van der Waals surface area (Å²) in [6.45, 7) is 2.70. The van der Waals surface area contributed by atoms with E-state index >= 15 is 0 Å². The van der Waals surface area contributed by atoms with Crippen LogP contribution in [-0.4, -0.2) is 97.7 Å². The smallest absolute Gasteiger partial charge is 0.416 e. The molecule has 67 heavy (non-hydrogen) atoms. The van der Waals surface area contributed by atoms with Crippen molar-refractivity contribution in [1.29, 1.82) is 0 Å². The first-order valence-electron chi connectivity index (χ1n) is 19.2. The van der Waals surface area contributed by atoms with Gasteiger partial charge in [0.05, 0.1) is 29.7 Å². The Labute approximate surface area is 387 Å². The number of thioether (sulfide) groups is 3. The van der Waals surface area contributed by atoms with Gasteiger partial charge in [-0.1, -0.05) is 104 Å². The van der Waals surface area contributed by atoms with E-state index in [9.17, 15) is 47.0 Å². The number of aliphatic carboxylic acids is 6. The van der Waals surface area contributed by atoms with E-state index in [1.807, 2.05) is 42.5 Å². The summed E-state index contributed by atoms with van der Waals surface area (Å²) in [7, 11) is 0. The Morgan fingerprint density at radius 1 is 0.582 bits per heavy atom. The highest BCUT2D eigenvalue weighted by Gasteiger charge is 2.34. The number of halogens is 3. The van der Waals surface area contributed by atoms with Crippen molar-refractivity contribution in [2.24, 2.45) is 17.8 Å². The fourth-order valence-corrected chi connectivity index (χ4v) is 8.45. The zero-order valence-electron chi connectivity index (χ0n) is 34.5. The number of hydrogen-bond donors (Lipinski definition) is 6. The van der Waals surface area contributed by atoms with Crippen LogP contribution in [0.15, 0.2) is 120 Å². The average Bonchev–Trinajstić information content (AvgIpc) is 4.01. The molecule has 5 unspecified atom stereocenters. The molecule has 5 atom stereocenters. The zero-order chi connectivity index (χ0) is 49.2. The maximum atomic E-state index is 12.6. The van der Waals surface area contributed by atoms with E-state index < -0.39 is 82.2 Å². The van der Waals surface area contributed by atoms with Crippen molar-refractivity contribution in [3.05, 3.63) is 96.6 Å². The summed E-state index contributed by atoms with van der Waals surface area (Å²) in [5.41, 5.74) is 3.36. The lowest BCUT2D eigenvalue weighted by atomic mass is 10.0. The fourth-order valence-electron chi connectivity index (χ4n) is 5.68. The molecule has 0 fully saturated rings. The summed E-state index contributed by atoms with van der Waals surface area (Å²) in [4.78, 5) is 78.5. The number of alkyl halides is 3. The second kappa shape index (κ2) is 22.4. The maximum Gasteiger partial charge on any atom is 0.416 e. The van der Waals surface area contributed by atoms with Crippen LogP contribution in [0.1, 0.15) is 25.8 Å². The van der Waals surface area contributed by atoms with Gasteiger partial charge in [-0.3, -0.25) is 28.8 Å². The zero-order valence-corrected chi connectivity index (χ0v) is 37.0. The Kier molecular flexibility index (Phi) is 17.1. The molecule has 0 amide bonds. The monoisotopic (exact) mass is 987 g/mol. The van der Waals surface area contributed by atoms with Gasteiger partial charge in [0, 0.05) is 11.3 Å². The summed E-state index contributed by atoms with van der Waals surface area (Å²) in [6, 6.07) is 24.9. The van der Waals surface area contributed by atoms with E-state index in [2.05, 4.69) is 15.0 Å². The first kappa shape index (κ1) is 50.9. The van der Waals surface area contributed by atoms with Crippen molar-refractivity contribution in [2.45, 2.75) is 52.6 Å². The standard InChI is InChI=1S/C18H15NO5S.C13H10F3NO5S.C12H11NO5S/c1-10(16(20)21)15(17(22)23)25-18-19-14-12(8-5-9-13(14)24-18)11-6-3-2-4-7-11;14-13(15,16)7-1-2-8-9(4-7)22-12(17-8)23-5-6(11(20)21)3-10(18)19;1-6(10(14)15)9(11(16)17)19-12-13-7-4-2-3-5-8(7)18-12/h2-10,15H,1H3,(H,20,21)(H,22,23);1-2,4,6H,3,5H2,(H,18,19)(H,20,21);2-6,9H,1H3,(H,14,15)(H,16,17). The third-order valence-corrected chi connectivity index (χ3v) is 12.7. The molecule has 0 saturated heterocycles. The predicted molar refractivity (Wildman–Crippen MR) is 235 cm³/mol. The van der Waals surface area contributed by atoms with Crippen LogP contribution in [0.5, 0.6) is 0 Å². The molecular formula is C43H36F3N3O15S3. The summed E-state index contributed by atoms with van der Waals surface area (Å²) in [5, 5.41) is 51.8. The molecular weight excluding hydrogens is 952 g/mol. The Morgan fingerprint density at radius 3 is 1.66 bits per heavy atom. The number of carboxylic acid groups (broad SMARTS) is 6. The lowest BCUT2D eigenvalue weighted by Crippen LogP contribution is -2.30. The molecule has 24 heteroatoms. The number of carboxylic acids is 6. The minimum atomic E-state index is -4.51. The minimum Gasteiger partial charge on any atom is -0.481 e. The summed E-state index contributed by atoms with van der Waals surface area (Å²) < 4.78 is 54.0. The summed E-state index contributed by atoms with van der Waals surface area (Å²) >= 11 is 2.44. The molecule has 0 aliphatic carbocycles. The first-order valence-corrected chi connectivity index (χ1v) is 22.0. The summed E-state index contributed by atoms with van der Waals surface area (Å²) in [5.74, 6) is -10.7. The highest BCUT2D eigenvalue weighted by Crippen LogP contribution is 2.36. The predicted octanol–water partition coefficient (Wildman–Crippen LogP) is 8.97. The number of para-hydroxylation sites is 3. The number of nitrogens with zero attached hydrogens (tertiary/aromatic N) is 3. The Balaban J connectivity index is 0.000000190. The quantitative estimate of drug-likeness (QED) is 0.0464. The normalized spacial score (nSPS) is 13.6. The SMILES string of the molecule is CC(C(=O)O)C(Sc1nc2c(-c3ccccc3)cccc2o1)C(=O)O.CC(C(=O)O)C(Sc1nc2ccccc2o1)C(=O)O.O=C(O)CC(CSc1nc2ccc(C(F)(F)F)cc2o1)C(=O)O. The topological polar surface area (TPSA) is 302 Å². The molecule has 352 valence electrons. The molecule has 0 aliphatic heterocycles. The second-order valence-electron chi connectivity index (χ2n) is 14.1. The van der Waals surface area contributed by atoms with Gasteiger partial charge in [-0.2, -0.15) is 13.2 Å². The summed E-state index contributed by atoms with van der Waals surface area (Å²) in [6.07, 6.45) is -5.08. The van der Waals surface area contributed by atoms with Crippen LogP contribution in [0.25, 0.3) is 44.4 Å². The number of hydrogen-bond acceptors (Lipinski definition) is 15. The number of rotatable bonds is 17. The molecule has 7 rings (SSSR count). The number of fused-ring (bicyclic) bond motifs is 3.